The zero-order chi connectivity index (χ0) is 21.0. The lowest BCUT2D eigenvalue weighted by atomic mass is 9.94. The SMILES string of the molecule is [B]c1ccc(-c2cc(-c3ccccc3)nc(-c3ccc(-c4ccccc4)cc3)n2)cc1. The van der Waals surface area contributed by atoms with Crippen LogP contribution in [0.4, 0.5) is 0 Å². The summed E-state index contributed by atoms with van der Waals surface area (Å²) < 4.78 is 0. The van der Waals surface area contributed by atoms with Gasteiger partial charge in [-0.2, -0.15) is 0 Å². The smallest absolute Gasteiger partial charge is 0.160 e. The summed E-state index contributed by atoms with van der Waals surface area (Å²) >= 11 is 0. The molecule has 0 aliphatic rings. The van der Waals surface area contributed by atoms with Crippen LogP contribution in [0, 0.1) is 0 Å². The average molecular weight is 394 g/mol. The van der Waals surface area contributed by atoms with Gasteiger partial charge in [0.05, 0.1) is 11.4 Å². The maximum Gasteiger partial charge on any atom is 0.160 e. The van der Waals surface area contributed by atoms with Crippen molar-refractivity contribution in [3.63, 3.8) is 0 Å². The second kappa shape index (κ2) is 8.41. The maximum absolute atomic E-state index is 5.88. The third-order valence-electron chi connectivity index (χ3n) is 5.25. The van der Waals surface area contributed by atoms with Crippen molar-refractivity contribution in [2.45, 2.75) is 0 Å². The molecule has 31 heavy (non-hydrogen) atoms. The molecule has 0 bridgehead atoms. The van der Waals surface area contributed by atoms with Crippen molar-refractivity contribution < 1.29 is 0 Å². The van der Waals surface area contributed by atoms with E-state index in [1.54, 1.807) is 0 Å². The molecule has 5 aromatic rings. The summed E-state index contributed by atoms with van der Waals surface area (Å²) in [5.74, 6) is 0.702. The van der Waals surface area contributed by atoms with Gasteiger partial charge in [0.25, 0.3) is 0 Å². The molecule has 0 atom stereocenters. The third-order valence-corrected chi connectivity index (χ3v) is 5.25. The molecular weight excluding hydrogens is 375 g/mol. The van der Waals surface area contributed by atoms with E-state index in [2.05, 4.69) is 60.7 Å². The minimum atomic E-state index is 0.702. The lowest BCUT2D eigenvalue weighted by Gasteiger charge is -2.10. The Morgan fingerprint density at radius 3 is 1.42 bits per heavy atom. The summed E-state index contributed by atoms with van der Waals surface area (Å²) in [6.45, 7) is 0. The van der Waals surface area contributed by atoms with Crippen LogP contribution < -0.4 is 5.46 Å². The highest BCUT2D eigenvalue weighted by molar-refractivity contribution is 6.32. The van der Waals surface area contributed by atoms with Crippen LogP contribution in [0.5, 0.6) is 0 Å². The number of benzene rings is 4. The molecule has 0 unspecified atom stereocenters. The van der Waals surface area contributed by atoms with Gasteiger partial charge in [0.2, 0.25) is 0 Å². The molecule has 4 aromatic carbocycles. The van der Waals surface area contributed by atoms with E-state index >= 15 is 0 Å². The fraction of sp³-hybridized carbons (Fsp3) is 0. The Morgan fingerprint density at radius 2 is 0.839 bits per heavy atom. The molecule has 0 N–H and O–H groups in total. The summed E-state index contributed by atoms with van der Waals surface area (Å²) in [5.41, 5.74) is 7.91. The lowest BCUT2D eigenvalue weighted by molar-refractivity contribution is 1.18. The van der Waals surface area contributed by atoms with E-state index in [9.17, 15) is 0 Å². The molecule has 144 valence electrons. The standard InChI is InChI=1S/C28H19BN2/c29-25-17-15-23(16-18-25)27-19-26(22-9-5-2-6-10-22)30-28(31-27)24-13-11-21(12-14-24)20-7-3-1-4-8-20/h1-19H. The number of aromatic nitrogens is 2. The van der Waals surface area contributed by atoms with Crippen LogP contribution >= 0.6 is 0 Å². The Hall–Kier alpha value is -3.98. The van der Waals surface area contributed by atoms with E-state index in [0.717, 1.165) is 33.5 Å². The van der Waals surface area contributed by atoms with Crippen LogP contribution in [0.2, 0.25) is 0 Å². The quantitative estimate of drug-likeness (QED) is 0.353. The number of hydrogen-bond donors (Lipinski definition) is 0. The van der Waals surface area contributed by atoms with Crippen LogP contribution in [0.15, 0.2) is 115 Å². The summed E-state index contributed by atoms with van der Waals surface area (Å²) in [6.07, 6.45) is 0. The molecule has 0 saturated heterocycles. The molecule has 0 aliphatic carbocycles. The largest absolute Gasteiger partial charge is 0.228 e. The van der Waals surface area contributed by atoms with E-state index in [1.165, 1.54) is 11.1 Å². The van der Waals surface area contributed by atoms with E-state index < -0.39 is 0 Å². The van der Waals surface area contributed by atoms with Crippen LogP contribution in [-0.2, 0) is 0 Å². The molecule has 0 saturated carbocycles. The van der Waals surface area contributed by atoms with Gasteiger partial charge in [-0.25, -0.2) is 9.97 Å². The van der Waals surface area contributed by atoms with Crippen LogP contribution in [0.25, 0.3) is 45.0 Å². The van der Waals surface area contributed by atoms with Gasteiger partial charge < -0.3 is 0 Å². The van der Waals surface area contributed by atoms with Crippen molar-refractivity contribution >= 4 is 13.3 Å². The van der Waals surface area contributed by atoms with Crippen molar-refractivity contribution in [1.82, 2.24) is 9.97 Å². The normalized spacial score (nSPS) is 10.7. The predicted molar refractivity (Wildman–Crippen MR) is 129 cm³/mol. The molecule has 2 radical (unpaired) electrons. The summed E-state index contributed by atoms with van der Waals surface area (Å²) in [4.78, 5) is 9.76. The highest BCUT2D eigenvalue weighted by atomic mass is 14.9. The fourth-order valence-corrected chi connectivity index (χ4v) is 3.58. The Bertz CT molecular complexity index is 1300. The monoisotopic (exact) mass is 394 g/mol. The third kappa shape index (κ3) is 4.17. The van der Waals surface area contributed by atoms with Crippen molar-refractivity contribution in [1.29, 1.82) is 0 Å². The summed E-state index contributed by atoms with van der Waals surface area (Å²) in [5, 5.41) is 0. The van der Waals surface area contributed by atoms with Gasteiger partial charge in [0.15, 0.2) is 5.82 Å². The van der Waals surface area contributed by atoms with E-state index in [0.29, 0.717) is 5.82 Å². The Kier molecular flexibility index (Phi) is 5.16. The van der Waals surface area contributed by atoms with Crippen molar-refractivity contribution in [3.05, 3.63) is 115 Å². The number of hydrogen-bond acceptors (Lipinski definition) is 2. The van der Waals surface area contributed by atoms with Gasteiger partial charge in [-0.1, -0.05) is 115 Å². The fourth-order valence-electron chi connectivity index (χ4n) is 3.58. The zero-order valence-corrected chi connectivity index (χ0v) is 16.9. The summed E-state index contributed by atoms with van der Waals surface area (Å²) in [7, 11) is 5.88. The molecule has 0 amide bonds. The molecule has 5 rings (SSSR count). The predicted octanol–water partition coefficient (Wildman–Crippen LogP) is 5.94. The summed E-state index contributed by atoms with van der Waals surface area (Å²) in [6, 6.07) is 38.8. The minimum Gasteiger partial charge on any atom is -0.228 e. The first-order chi connectivity index (χ1) is 15.3. The molecule has 0 spiro atoms. The molecule has 0 aliphatic heterocycles. The highest BCUT2D eigenvalue weighted by Gasteiger charge is 2.11. The second-order valence-corrected chi connectivity index (χ2v) is 7.39. The highest BCUT2D eigenvalue weighted by Crippen LogP contribution is 2.28. The van der Waals surface area contributed by atoms with E-state index in [-0.39, 0.29) is 0 Å². The van der Waals surface area contributed by atoms with Gasteiger partial charge >= 0.3 is 0 Å². The van der Waals surface area contributed by atoms with Crippen molar-refractivity contribution in [2.75, 3.05) is 0 Å². The Balaban J connectivity index is 1.60. The van der Waals surface area contributed by atoms with E-state index in [1.807, 2.05) is 54.6 Å². The molecule has 3 heteroatoms. The van der Waals surface area contributed by atoms with Gasteiger partial charge in [-0.15, -0.1) is 0 Å². The second-order valence-electron chi connectivity index (χ2n) is 7.39. The minimum absolute atomic E-state index is 0.702. The lowest BCUT2D eigenvalue weighted by Crippen LogP contribution is -2.00. The Labute approximate surface area is 183 Å². The Morgan fingerprint density at radius 1 is 0.419 bits per heavy atom. The first-order valence-electron chi connectivity index (χ1n) is 10.2. The average Bonchev–Trinajstić information content (AvgIpc) is 2.85. The van der Waals surface area contributed by atoms with Crippen molar-refractivity contribution in [3.8, 4) is 45.0 Å². The van der Waals surface area contributed by atoms with Gasteiger partial charge in [-0.3, -0.25) is 0 Å². The molecule has 2 nitrogen and oxygen atoms in total. The zero-order valence-electron chi connectivity index (χ0n) is 16.9. The molecular formula is C28H19BN2. The van der Waals surface area contributed by atoms with Gasteiger partial charge in [0, 0.05) is 16.7 Å². The first-order valence-corrected chi connectivity index (χ1v) is 10.2. The molecule has 1 aromatic heterocycles. The number of rotatable bonds is 4. The van der Waals surface area contributed by atoms with Crippen LogP contribution in [0.1, 0.15) is 0 Å². The maximum atomic E-state index is 5.88. The first kappa shape index (κ1) is 19.0. The topological polar surface area (TPSA) is 25.8 Å². The van der Waals surface area contributed by atoms with Crippen LogP contribution in [-0.4, -0.2) is 17.8 Å². The number of nitrogens with zero attached hydrogens (tertiary/aromatic N) is 2. The van der Waals surface area contributed by atoms with E-state index in [4.69, 9.17) is 17.8 Å². The van der Waals surface area contributed by atoms with Crippen molar-refractivity contribution in [2.24, 2.45) is 0 Å². The molecule has 0 fully saturated rings. The molecule has 1 heterocycles. The van der Waals surface area contributed by atoms with Gasteiger partial charge in [-0.05, 0) is 17.2 Å². The van der Waals surface area contributed by atoms with Crippen LogP contribution in [0.3, 0.4) is 0 Å². The van der Waals surface area contributed by atoms with Gasteiger partial charge in [0.1, 0.15) is 7.85 Å².